The molecular formula is C20H16FN5O3. The van der Waals surface area contributed by atoms with Crippen LogP contribution in [-0.2, 0) is 6.54 Å². The van der Waals surface area contributed by atoms with Crippen LogP contribution in [0.3, 0.4) is 0 Å². The van der Waals surface area contributed by atoms with E-state index in [4.69, 9.17) is 4.42 Å². The number of aromatic amines is 1. The summed E-state index contributed by atoms with van der Waals surface area (Å²) in [4.78, 5) is 28.7. The Morgan fingerprint density at radius 1 is 1.21 bits per heavy atom. The van der Waals surface area contributed by atoms with Crippen LogP contribution < -0.4 is 10.9 Å². The highest BCUT2D eigenvalue weighted by atomic mass is 19.1. The highest BCUT2D eigenvalue weighted by Gasteiger charge is 2.12. The van der Waals surface area contributed by atoms with Gasteiger partial charge in [-0.2, -0.15) is 5.10 Å². The van der Waals surface area contributed by atoms with Crippen LogP contribution >= 0.6 is 0 Å². The summed E-state index contributed by atoms with van der Waals surface area (Å²) in [5.41, 5.74) is 1.64. The number of furan rings is 1. The lowest BCUT2D eigenvalue weighted by Crippen LogP contribution is -2.31. The largest absolute Gasteiger partial charge is 0.463 e. The fourth-order valence-corrected chi connectivity index (χ4v) is 2.75. The first-order valence-electron chi connectivity index (χ1n) is 8.80. The van der Waals surface area contributed by atoms with E-state index in [-0.39, 0.29) is 36.1 Å². The van der Waals surface area contributed by atoms with Gasteiger partial charge in [0.15, 0.2) is 11.5 Å². The van der Waals surface area contributed by atoms with Crippen molar-refractivity contribution in [2.45, 2.75) is 6.54 Å². The minimum atomic E-state index is -0.372. The fourth-order valence-electron chi connectivity index (χ4n) is 2.75. The van der Waals surface area contributed by atoms with Crippen molar-refractivity contribution in [3.63, 3.8) is 0 Å². The molecule has 29 heavy (non-hydrogen) atoms. The minimum Gasteiger partial charge on any atom is -0.463 e. The number of carbonyl (C=O) groups is 1. The monoisotopic (exact) mass is 393 g/mol. The molecule has 0 fully saturated rings. The normalized spacial score (nSPS) is 10.8. The van der Waals surface area contributed by atoms with Gasteiger partial charge in [0.25, 0.3) is 11.5 Å². The number of H-pyrrole nitrogens is 1. The van der Waals surface area contributed by atoms with Gasteiger partial charge in [-0.3, -0.25) is 19.3 Å². The van der Waals surface area contributed by atoms with Crippen LogP contribution in [0.25, 0.3) is 22.7 Å². The van der Waals surface area contributed by atoms with Crippen molar-refractivity contribution >= 4 is 5.91 Å². The van der Waals surface area contributed by atoms with Gasteiger partial charge in [0, 0.05) is 30.8 Å². The molecule has 0 bridgehead atoms. The van der Waals surface area contributed by atoms with Crippen LogP contribution in [0, 0.1) is 5.82 Å². The third-order valence-electron chi connectivity index (χ3n) is 4.25. The third kappa shape index (κ3) is 4.13. The van der Waals surface area contributed by atoms with Gasteiger partial charge in [0.2, 0.25) is 0 Å². The molecule has 8 nitrogen and oxygen atoms in total. The van der Waals surface area contributed by atoms with Crippen LogP contribution in [0.15, 0.2) is 70.3 Å². The van der Waals surface area contributed by atoms with Crippen molar-refractivity contribution in [2.75, 3.05) is 6.54 Å². The number of halogens is 1. The Morgan fingerprint density at radius 3 is 2.76 bits per heavy atom. The predicted molar refractivity (Wildman–Crippen MR) is 103 cm³/mol. The number of rotatable bonds is 6. The van der Waals surface area contributed by atoms with Crippen molar-refractivity contribution < 1.29 is 13.6 Å². The van der Waals surface area contributed by atoms with Gasteiger partial charge in [-0.1, -0.05) is 0 Å². The molecule has 4 rings (SSSR count). The lowest BCUT2D eigenvalue weighted by molar-refractivity contribution is 0.0947. The average molecular weight is 393 g/mol. The van der Waals surface area contributed by atoms with E-state index in [0.717, 1.165) is 0 Å². The molecule has 0 aliphatic rings. The van der Waals surface area contributed by atoms with Crippen molar-refractivity contribution in [1.82, 2.24) is 25.1 Å². The third-order valence-corrected chi connectivity index (χ3v) is 4.25. The van der Waals surface area contributed by atoms with Gasteiger partial charge in [0.1, 0.15) is 11.5 Å². The van der Waals surface area contributed by atoms with Crippen LogP contribution in [0.1, 0.15) is 10.5 Å². The summed E-state index contributed by atoms with van der Waals surface area (Å²) in [7, 11) is 0. The number of amides is 1. The van der Waals surface area contributed by atoms with E-state index in [2.05, 4.69) is 20.5 Å². The number of nitrogens with one attached hydrogen (secondary N) is 2. The van der Waals surface area contributed by atoms with Crippen LogP contribution in [0.4, 0.5) is 4.39 Å². The summed E-state index contributed by atoms with van der Waals surface area (Å²) in [6.45, 7) is 0.468. The highest BCUT2D eigenvalue weighted by molar-refractivity contribution is 5.93. The second kappa shape index (κ2) is 7.93. The molecule has 146 valence electrons. The van der Waals surface area contributed by atoms with Crippen LogP contribution in [-0.4, -0.2) is 32.2 Å². The standard InChI is InChI=1S/C20H16FN5O3/c21-14-5-3-13(4-6-14)15-11-19(27)26(12-23-15)8-7-22-20(28)17-10-16(24-25-17)18-2-1-9-29-18/h1-6,9-12H,7-8H2,(H,22,28)(H,24,25). The number of hydrogen-bond donors (Lipinski definition) is 2. The number of aromatic nitrogens is 4. The van der Waals surface area contributed by atoms with Crippen molar-refractivity contribution in [3.8, 4) is 22.7 Å². The zero-order valence-electron chi connectivity index (χ0n) is 15.1. The first kappa shape index (κ1) is 18.4. The molecule has 0 unspecified atom stereocenters. The van der Waals surface area contributed by atoms with E-state index in [1.807, 2.05) is 0 Å². The number of hydrogen-bond acceptors (Lipinski definition) is 5. The Hall–Kier alpha value is -4.01. The molecule has 0 radical (unpaired) electrons. The van der Waals surface area contributed by atoms with Gasteiger partial charge < -0.3 is 9.73 Å². The summed E-state index contributed by atoms with van der Waals surface area (Å²) in [5.74, 6) is -0.149. The summed E-state index contributed by atoms with van der Waals surface area (Å²) in [6, 6.07) is 12.2. The van der Waals surface area contributed by atoms with Gasteiger partial charge in [-0.25, -0.2) is 9.37 Å². The van der Waals surface area contributed by atoms with Crippen molar-refractivity contribution in [2.24, 2.45) is 0 Å². The number of carbonyl (C=O) groups excluding carboxylic acids is 1. The lowest BCUT2D eigenvalue weighted by Gasteiger charge is -2.07. The molecule has 0 aliphatic heterocycles. The Labute approximate surface area is 164 Å². The molecule has 1 amide bonds. The van der Waals surface area contributed by atoms with E-state index in [1.54, 1.807) is 30.3 Å². The molecule has 3 aromatic heterocycles. The van der Waals surface area contributed by atoms with E-state index in [1.165, 1.54) is 35.4 Å². The lowest BCUT2D eigenvalue weighted by atomic mass is 10.1. The molecule has 1 aromatic carbocycles. The molecule has 9 heteroatoms. The zero-order chi connectivity index (χ0) is 20.2. The summed E-state index contributed by atoms with van der Waals surface area (Å²) in [6.07, 6.45) is 2.93. The van der Waals surface area contributed by atoms with Crippen molar-refractivity contribution in [3.05, 3.63) is 83.0 Å². The highest BCUT2D eigenvalue weighted by Crippen LogP contribution is 2.17. The second-order valence-electron chi connectivity index (χ2n) is 6.21. The number of benzene rings is 1. The molecule has 0 saturated heterocycles. The van der Waals surface area contributed by atoms with Crippen LogP contribution in [0.2, 0.25) is 0 Å². The second-order valence-corrected chi connectivity index (χ2v) is 6.21. The molecule has 3 heterocycles. The Balaban J connectivity index is 1.36. The Morgan fingerprint density at radius 2 is 2.03 bits per heavy atom. The summed E-state index contributed by atoms with van der Waals surface area (Å²) in [5, 5.41) is 9.40. The van der Waals surface area contributed by atoms with E-state index in [9.17, 15) is 14.0 Å². The minimum absolute atomic E-state index is 0.216. The topological polar surface area (TPSA) is 106 Å². The fraction of sp³-hybridized carbons (Fsp3) is 0.100. The molecule has 0 saturated carbocycles. The first-order chi connectivity index (χ1) is 14.1. The van der Waals surface area contributed by atoms with Gasteiger partial charge in [0.05, 0.1) is 18.3 Å². The Kier molecular flexibility index (Phi) is 5.02. The maximum Gasteiger partial charge on any atom is 0.271 e. The predicted octanol–water partition coefficient (Wildman–Crippen LogP) is 2.46. The van der Waals surface area contributed by atoms with Gasteiger partial charge in [-0.05, 0) is 36.4 Å². The molecule has 0 aliphatic carbocycles. The quantitative estimate of drug-likeness (QED) is 0.523. The molecule has 0 spiro atoms. The molecule has 2 N–H and O–H groups in total. The number of nitrogens with zero attached hydrogens (tertiary/aromatic N) is 3. The maximum absolute atomic E-state index is 13.0. The molecular weight excluding hydrogens is 377 g/mol. The van der Waals surface area contributed by atoms with Gasteiger partial charge >= 0.3 is 0 Å². The van der Waals surface area contributed by atoms with Gasteiger partial charge in [-0.15, -0.1) is 0 Å². The Bertz CT molecular complexity index is 1180. The smallest absolute Gasteiger partial charge is 0.271 e. The molecule has 4 aromatic rings. The first-order valence-corrected chi connectivity index (χ1v) is 8.80. The van der Waals surface area contributed by atoms with E-state index < -0.39 is 0 Å². The zero-order valence-corrected chi connectivity index (χ0v) is 15.1. The van der Waals surface area contributed by atoms with Crippen molar-refractivity contribution in [1.29, 1.82) is 0 Å². The maximum atomic E-state index is 13.0. The summed E-state index contributed by atoms with van der Waals surface area (Å²) < 4.78 is 19.6. The molecule has 0 atom stereocenters. The van der Waals surface area contributed by atoms with E-state index in [0.29, 0.717) is 22.7 Å². The average Bonchev–Trinajstić information content (AvgIpc) is 3.41. The van der Waals surface area contributed by atoms with E-state index >= 15 is 0 Å². The SMILES string of the molecule is O=C(NCCn1cnc(-c2ccc(F)cc2)cc1=O)c1cc(-c2ccco2)[nH]n1. The van der Waals surface area contributed by atoms with Crippen LogP contribution in [0.5, 0.6) is 0 Å². The summed E-state index contributed by atoms with van der Waals surface area (Å²) >= 11 is 0.